The Hall–Kier alpha value is -2.55. The highest BCUT2D eigenvalue weighted by molar-refractivity contribution is 5.69. The third-order valence-electron chi connectivity index (χ3n) is 2.07. The molecule has 3 nitrogen and oxygen atoms in total. The number of nitrogens with two attached hydrogens (primary N) is 2. The van der Waals surface area contributed by atoms with Crippen molar-refractivity contribution >= 4 is 18.2 Å². The topological polar surface area (TPSA) is 69.1 Å². The third-order valence-corrected chi connectivity index (χ3v) is 2.07. The highest BCUT2D eigenvalue weighted by atomic mass is 16.2. The van der Waals surface area contributed by atoms with Crippen LogP contribution in [0.15, 0.2) is 60.7 Å². The summed E-state index contributed by atoms with van der Waals surface area (Å²) in [7, 11) is 0. The molecule has 0 aliphatic rings. The summed E-state index contributed by atoms with van der Waals surface area (Å²) in [5.74, 6) is 0. The summed E-state index contributed by atoms with van der Waals surface area (Å²) in [5, 5.41) is 0. The first-order chi connectivity index (χ1) is 8.68. The van der Waals surface area contributed by atoms with Crippen LogP contribution in [0.5, 0.6) is 0 Å². The van der Waals surface area contributed by atoms with Crippen molar-refractivity contribution in [1.29, 1.82) is 0 Å². The molecule has 4 N–H and O–H groups in total. The van der Waals surface area contributed by atoms with Gasteiger partial charge in [-0.05, 0) is 11.1 Å². The number of hydrogen-bond acceptors (Lipinski definition) is 1. The second-order valence-corrected chi connectivity index (χ2v) is 3.56. The molecule has 18 heavy (non-hydrogen) atoms. The average Bonchev–Trinajstić information content (AvgIpc) is 2.38. The molecular formula is C15H16N2O. The second kappa shape index (κ2) is 7.68. The fourth-order valence-electron chi connectivity index (χ4n) is 1.32. The van der Waals surface area contributed by atoms with E-state index in [1.54, 1.807) is 0 Å². The van der Waals surface area contributed by atoms with Gasteiger partial charge in [-0.15, -0.1) is 0 Å². The molecule has 0 saturated carbocycles. The van der Waals surface area contributed by atoms with Gasteiger partial charge in [0.15, 0.2) is 0 Å². The molecule has 0 fully saturated rings. The number of hydrogen-bond donors (Lipinski definition) is 2. The van der Waals surface area contributed by atoms with Crippen LogP contribution in [-0.2, 0) is 0 Å². The van der Waals surface area contributed by atoms with Crippen molar-refractivity contribution in [3.8, 4) is 0 Å². The van der Waals surface area contributed by atoms with Crippen molar-refractivity contribution in [2.45, 2.75) is 0 Å². The van der Waals surface area contributed by atoms with Gasteiger partial charge in [-0.2, -0.15) is 0 Å². The Morgan fingerprint density at radius 3 is 1.28 bits per heavy atom. The number of urea groups is 1. The van der Waals surface area contributed by atoms with Gasteiger partial charge in [0, 0.05) is 0 Å². The second-order valence-electron chi connectivity index (χ2n) is 3.56. The van der Waals surface area contributed by atoms with Crippen molar-refractivity contribution in [2.24, 2.45) is 11.5 Å². The Balaban J connectivity index is 0.000000357. The monoisotopic (exact) mass is 240 g/mol. The molecule has 2 rings (SSSR count). The van der Waals surface area contributed by atoms with E-state index in [-0.39, 0.29) is 0 Å². The van der Waals surface area contributed by atoms with Gasteiger partial charge in [0.1, 0.15) is 0 Å². The summed E-state index contributed by atoms with van der Waals surface area (Å²) in [4.78, 5) is 9.00. The van der Waals surface area contributed by atoms with Gasteiger partial charge >= 0.3 is 6.03 Å². The van der Waals surface area contributed by atoms with E-state index in [9.17, 15) is 0 Å². The summed E-state index contributed by atoms with van der Waals surface area (Å²) in [6.07, 6.45) is 4.24. The molecule has 0 bridgehead atoms. The number of amides is 2. The van der Waals surface area contributed by atoms with E-state index >= 15 is 0 Å². The third kappa shape index (κ3) is 6.12. The lowest BCUT2D eigenvalue weighted by atomic mass is 10.1. The van der Waals surface area contributed by atoms with Gasteiger partial charge < -0.3 is 11.5 Å². The van der Waals surface area contributed by atoms with Crippen LogP contribution in [0.3, 0.4) is 0 Å². The molecule has 0 radical (unpaired) electrons. The summed E-state index contributed by atoms with van der Waals surface area (Å²) in [6.45, 7) is 0. The maximum Gasteiger partial charge on any atom is 0.309 e. The smallest absolute Gasteiger partial charge is 0.309 e. The van der Waals surface area contributed by atoms with E-state index in [1.165, 1.54) is 11.1 Å². The molecular weight excluding hydrogens is 224 g/mol. The summed E-state index contributed by atoms with van der Waals surface area (Å²) < 4.78 is 0. The number of primary amides is 2. The first-order valence-electron chi connectivity index (χ1n) is 5.51. The molecule has 2 aromatic carbocycles. The lowest BCUT2D eigenvalue weighted by molar-refractivity contribution is 0.256. The molecule has 0 saturated heterocycles. The van der Waals surface area contributed by atoms with E-state index in [0.717, 1.165) is 0 Å². The predicted octanol–water partition coefficient (Wildman–Crippen LogP) is 2.88. The number of carbonyl (C=O) groups is 1. The first-order valence-corrected chi connectivity index (χ1v) is 5.51. The zero-order valence-corrected chi connectivity index (χ0v) is 9.99. The van der Waals surface area contributed by atoms with Crippen LogP contribution in [0.4, 0.5) is 4.79 Å². The standard InChI is InChI=1S/C14H12.CH4N2O/c1-3-7-13(8-4-1)11-12-14-9-5-2-6-10-14;2-1(3)4/h1-12H;(H4,2,3,4). The maximum absolute atomic E-state index is 9.00. The fourth-order valence-corrected chi connectivity index (χ4v) is 1.32. The molecule has 0 aliphatic heterocycles. The molecule has 0 unspecified atom stereocenters. The summed E-state index contributed by atoms with van der Waals surface area (Å²) in [6, 6.07) is 19.8. The van der Waals surface area contributed by atoms with E-state index in [0.29, 0.717) is 0 Å². The zero-order chi connectivity index (χ0) is 13.2. The SMILES string of the molecule is C(=Cc1ccccc1)c1ccccc1.NC(N)=O. The van der Waals surface area contributed by atoms with Crippen molar-refractivity contribution in [3.05, 3.63) is 71.8 Å². The molecule has 0 atom stereocenters. The minimum absolute atomic E-state index is 0.833. The summed E-state index contributed by atoms with van der Waals surface area (Å²) >= 11 is 0. The maximum atomic E-state index is 9.00. The molecule has 3 heteroatoms. The van der Waals surface area contributed by atoms with Crippen LogP contribution in [0, 0.1) is 0 Å². The Bertz CT molecular complexity index is 447. The highest BCUT2D eigenvalue weighted by Crippen LogP contribution is 2.06. The van der Waals surface area contributed by atoms with Crippen LogP contribution in [0.1, 0.15) is 11.1 Å². The van der Waals surface area contributed by atoms with E-state index in [4.69, 9.17) is 4.79 Å². The number of rotatable bonds is 2. The minimum Gasteiger partial charge on any atom is -0.352 e. The highest BCUT2D eigenvalue weighted by Gasteiger charge is 1.84. The zero-order valence-electron chi connectivity index (χ0n) is 9.99. The van der Waals surface area contributed by atoms with Gasteiger partial charge in [0.25, 0.3) is 0 Å². The van der Waals surface area contributed by atoms with Gasteiger partial charge in [-0.25, -0.2) is 4.79 Å². The van der Waals surface area contributed by atoms with Crippen molar-refractivity contribution in [1.82, 2.24) is 0 Å². The molecule has 0 heterocycles. The van der Waals surface area contributed by atoms with Crippen molar-refractivity contribution in [3.63, 3.8) is 0 Å². The average molecular weight is 240 g/mol. The van der Waals surface area contributed by atoms with Crippen LogP contribution in [0.2, 0.25) is 0 Å². The Kier molecular flexibility index (Phi) is 5.77. The van der Waals surface area contributed by atoms with E-state index in [2.05, 4.69) is 47.9 Å². The largest absolute Gasteiger partial charge is 0.352 e. The van der Waals surface area contributed by atoms with Gasteiger partial charge in [-0.3, -0.25) is 0 Å². The molecule has 92 valence electrons. The lowest BCUT2D eigenvalue weighted by Gasteiger charge is -1.92. The fraction of sp³-hybridized carbons (Fsp3) is 0. The Morgan fingerprint density at radius 1 is 0.722 bits per heavy atom. The molecule has 0 aliphatic carbocycles. The van der Waals surface area contributed by atoms with Crippen LogP contribution >= 0.6 is 0 Å². The van der Waals surface area contributed by atoms with Crippen LogP contribution < -0.4 is 11.5 Å². The van der Waals surface area contributed by atoms with Crippen molar-refractivity contribution < 1.29 is 4.79 Å². The Labute approximate surface area is 107 Å². The number of carbonyl (C=O) groups excluding carboxylic acids is 1. The van der Waals surface area contributed by atoms with Crippen LogP contribution in [-0.4, -0.2) is 6.03 Å². The van der Waals surface area contributed by atoms with E-state index in [1.807, 2.05) is 36.4 Å². The summed E-state index contributed by atoms with van der Waals surface area (Å²) in [5.41, 5.74) is 11.0. The van der Waals surface area contributed by atoms with Gasteiger partial charge in [0.05, 0.1) is 0 Å². The quantitative estimate of drug-likeness (QED) is 0.778. The first kappa shape index (κ1) is 13.5. The van der Waals surface area contributed by atoms with Crippen molar-refractivity contribution in [2.75, 3.05) is 0 Å². The molecule has 0 spiro atoms. The lowest BCUT2D eigenvalue weighted by Crippen LogP contribution is -2.18. The normalized spacial score (nSPS) is 9.56. The van der Waals surface area contributed by atoms with E-state index < -0.39 is 6.03 Å². The molecule has 2 amide bonds. The predicted molar refractivity (Wildman–Crippen MR) is 75.6 cm³/mol. The molecule has 2 aromatic rings. The minimum atomic E-state index is -0.833. The van der Waals surface area contributed by atoms with Gasteiger partial charge in [0.2, 0.25) is 0 Å². The van der Waals surface area contributed by atoms with Gasteiger partial charge in [-0.1, -0.05) is 72.8 Å². The van der Waals surface area contributed by atoms with Crippen LogP contribution in [0.25, 0.3) is 12.2 Å². The number of benzene rings is 2. The Morgan fingerprint density at radius 2 is 1.00 bits per heavy atom. The molecule has 0 aromatic heterocycles.